The van der Waals surface area contributed by atoms with Crippen molar-refractivity contribution in [3.05, 3.63) is 47.6 Å². The van der Waals surface area contributed by atoms with Gasteiger partial charge in [0.15, 0.2) is 5.78 Å². The van der Waals surface area contributed by atoms with E-state index in [-0.39, 0.29) is 80.0 Å². The smallest absolute Gasteiger partial charge is 0.329 e. The highest BCUT2D eigenvalue weighted by Gasteiger charge is 2.53. The van der Waals surface area contributed by atoms with Crippen LogP contribution in [0.15, 0.2) is 47.6 Å². The summed E-state index contributed by atoms with van der Waals surface area (Å²) < 4.78 is 48.0. The Kier molecular flexibility index (Phi) is 27.0. The summed E-state index contributed by atoms with van der Waals surface area (Å²) in [4.78, 5) is 75.6. The average Bonchev–Trinajstić information content (AvgIpc) is 3.44. The highest BCUT2D eigenvalue weighted by atomic mass is 16.6. The Morgan fingerprint density at radius 2 is 1.59 bits per heavy atom. The van der Waals surface area contributed by atoms with Crippen molar-refractivity contribution in [2.75, 3.05) is 73.9 Å². The molecule has 5 rings (SSSR count). The van der Waals surface area contributed by atoms with Gasteiger partial charge in [-0.25, -0.2) is 4.79 Å². The lowest BCUT2D eigenvalue weighted by molar-refractivity contribution is -0.266. The minimum atomic E-state index is -2.46. The van der Waals surface area contributed by atoms with E-state index in [1.165, 1.54) is 12.0 Å². The number of amides is 1. The quantitative estimate of drug-likeness (QED) is 0.0756. The number of hydrogen-bond acceptors (Lipinski definition) is 16. The maximum absolute atomic E-state index is 14.7. The Labute approximate surface area is 466 Å². The zero-order valence-corrected chi connectivity index (χ0v) is 49.1. The van der Waals surface area contributed by atoms with Crippen LogP contribution in [0.25, 0.3) is 0 Å². The van der Waals surface area contributed by atoms with Gasteiger partial charge in [-0.05, 0) is 120 Å². The molecule has 16 atom stereocenters. The van der Waals surface area contributed by atoms with Crippen LogP contribution in [-0.2, 0) is 61.9 Å². The summed E-state index contributed by atoms with van der Waals surface area (Å²) in [6.07, 6.45) is 13.5. The number of ether oxygens (including phenoxy) is 8. The SMILES string of the molecule is COCCO[C@H]1C[C@@H]2CC[C@@H](C)[C@@](O)(O2)C(=O)C(=O)N2CCCC[C@H]2C(=O)O[C@H]([C@H](C)C[C@@H]2CC[C@@H](OCCCN3CCO[C@@H](C)C3)[C@H](OC)C2)CC(=O)[C@H](C)C=C(C)[C@@H](O)[C@@H](OC)C(=O)[C@H](C)C[C@H](C)C=CC=CC=C1C. The summed E-state index contributed by atoms with van der Waals surface area (Å²) in [5, 5.41) is 23.8. The molecular weight excluding hydrogens is 1000 g/mol. The Balaban J connectivity index is 1.41. The lowest BCUT2D eigenvalue weighted by atomic mass is 9.78. The highest BCUT2D eigenvalue weighted by molar-refractivity contribution is 6.39. The first-order chi connectivity index (χ1) is 37.2. The number of esters is 1. The van der Waals surface area contributed by atoms with Gasteiger partial charge in [0.25, 0.3) is 11.7 Å². The third kappa shape index (κ3) is 18.8. The highest BCUT2D eigenvalue weighted by Crippen LogP contribution is 2.38. The summed E-state index contributed by atoms with van der Waals surface area (Å²) in [6.45, 7) is 19.8. The molecule has 17 heteroatoms. The molecule has 1 aliphatic carbocycles. The van der Waals surface area contributed by atoms with Crippen molar-refractivity contribution in [2.24, 2.45) is 35.5 Å². The molecule has 4 heterocycles. The van der Waals surface area contributed by atoms with Crippen LogP contribution in [0.4, 0.5) is 0 Å². The van der Waals surface area contributed by atoms with Crippen LogP contribution in [0.5, 0.6) is 0 Å². The molecule has 4 fully saturated rings. The molecule has 5 aliphatic rings. The first-order valence-corrected chi connectivity index (χ1v) is 29.2. The van der Waals surface area contributed by atoms with E-state index in [0.717, 1.165) is 57.5 Å². The lowest BCUT2D eigenvalue weighted by Crippen LogP contribution is -2.61. The maximum Gasteiger partial charge on any atom is 0.329 e. The van der Waals surface area contributed by atoms with Crippen LogP contribution in [0.3, 0.4) is 0 Å². The molecule has 0 radical (unpaired) electrons. The number of carbonyl (C=O) groups excluding carboxylic acids is 5. The number of Topliss-reactive ketones (excluding diaryl/α,β-unsaturated/α-hetero) is 3. The largest absolute Gasteiger partial charge is 0.460 e. The van der Waals surface area contributed by atoms with E-state index in [1.807, 2.05) is 58.1 Å². The molecule has 2 N–H and O–H groups in total. The number of piperidine rings is 1. The number of ketones is 3. The van der Waals surface area contributed by atoms with Gasteiger partial charge in [-0.2, -0.15) is 0 Å². The number of rotatable bonds is 14. The second kappa shape index (κ2) is 32.2. The van der Waals surface area contributed by atoms with Crippen LogP contribution >= 0.6 is 0 Å². The summed E-state index contributed by atoms with van der Waals surface area (Å²) in [6, 6.07) is -1.15. The van der Waals surface area contributed by atoms with Gasteiger partial charge in [-0.1, -0.05) is 71.1 Å². The number of morpholine rings is 1. The molecule has 442 valence electrons. The predicted octanol–water partition coefficient (Wildman–Crippen LogP) is 7.33. The van der Waals surface area contributed by atoms with E-state index >= 15 is 0 Å². The number of aliphatic hydroxyl groups excluding tert-OH is 1. The molecular formula is C61H98N2O15. The van der Waals surface area contributed by atoms with E-state index in [0.29, 0.717) is 57.3 Å². The second-order valence-electron chi connectivity index (χ2n) is 23.4. The molecule has 2 bridgehead atoms. The molecule has 4 aliphatic heterocycles. The zero-order chi connectivity index (χ0) is 57.1. The lowest BCUT2D eigenvalue weighted by Gasteiger charge is -2.43. The summed E-state index contributed by atoms with van der Waals surface area (Å²) in [5.74, 6) is -7.94. The number of methoxy groups -OCH3 is 3. The fraction of sp³-hybridized carbons (Fsp3) is 0.787. The van der Waals surface area contributed by atoms with E-state index in [1.54, 1.807) is 41.1 Å². The minimum absolute atomic E-state index is 0.00343. The molecule has 1 saturated carbocycles. The van der Waals surface area contributed by atoms with Gasteiger partial charge in [0, 0.05) is 84.7 Å². The fourth-order valence-corrected chi connectivity index (χ4v) is 12.1. The van der Waals surface area contributed by atoms with E-state index in [2.05, 4.69) is 11.8 Å². The van der Waals surface area contributed by atoms with E-state index in [4.69, 9.17) is 37.9 Å². The van der Waals surface area contributed by atoms with Crippen molar-refractivity contribution in [1.82, 2.24) is 9.80 Å². The van der Waals surface area contributed by atoms with Crippen LogP contribution in [-0.4, -0.2) is 184 Å². The second-order valence-corrected chi connectivity index (χ2v) is 23.4. The molecule has 3 saturated heterocycles. The number of cyclic esters (lactones) is 1. The minimum Gasteiger partial charge on any atom is -0.460 e. The molecule has 0 spiro atoms. The first-order valence-electron chi connectivity index (χ1n) is 29.2. The topological polar surface area (TPSA) is 206 Å². The Bertz CT molecular complexity index is 2060. The first kappa shape index (κ1) is 65.3. The summed E-state index contributed by atoms with van der Waals surface area (Å²) in [7, 11) is 4.68. The maximum atomic E-state index is 14.7. The van der Waals surface area contributed by atoms with Gasteiger partial charge in [-0.15, -0.1) is 0 Å². The molecule has 17 nitrogen and oxygen atoms in total. The molecule has 0 aromatic rings. The monoisotopic (exact) mass is 1100 g/mol. The van der Waals surface area contributed by atoms with Gasteiger partial charge in [-0.3, -0.25) is 24.1 Å². The van der Waals surface area contributed by atoms with E-state index < -0.39 is 77.8 Å². The predicted molar refractivity (Wildman–Crippen MR) is 296 cm³/mol. The van der Waals surface area contributed by atoms with Gasteiger partial charge in [0.1, 0.15) is 30.1 Å². The molecule has 1 amide bonds. The van der Waals surface area contributed by atoms with Crippen molar-refractivity contribution >= 4 is 29.2 Å². The molecule has 0 unspecified atom stereocenters. The standard InChI is InChI=1S/C61H98N2O15/c1-39-18-13-12-14-19-40(2)52(76-31-30-71-9)36-48-23-21-45(7)61(70,78-48)58(67)59(68)63-26-16-15-20-49(63)60(69)77-53(37-50(64)41(3)33-44(6)56(66)57(73-11)55(65)43(5)32-39)42(4)34-47-22-24-51(54(35-47)72-10)75-28-17-25-62-27-29-74-46(8)38-62/h12-14,18-19,33,39,41-43,45-49,51-54,56-57,66,70H,15-17,20-32,34-38H2,1-11H3/t39-,41-,42-,43-,45-,46+,47+,48+,49+,51-,52+,53+,54-,56-,57+,61-/m1/s1. The van der Waals surface area contributed by atoms with E-state index in [9.17, 15) is 34.2 Å². The van der Waals surface area contributed by atoms with Gasteiger partial charge >= 0.3 is 5.97 Å². The Morgan fingerprint density at radius 3 is 2.31 bits per heavy atom. The number of allylic oxidation sites excluding steroid dienone is 6. The van der Waals surface area contributed by atoms with Crippen LogP contribution < -0.4 is 0 Å². The van der Waals surface area contributed by atoms with Gasteiger partial charge in [0.05, 0.1) is 50.3 Å². The van der Waals surface area contributed by atoms with Crippen LogP contribution in [0, 0.1) is 35.5 Å². The van der Waals surface area contributed by atoms with Crippen molar-refractivity contribution in [3.8, 4) is 0 Å². The van der Waals surface area contributed by atoms with Crippen LogP contribution in [0.2, 0.25) is 0 Å². The number of aliphatic hydroxyl groups is 2. The summed E-state index contributed by atoms with van der Waals surface area (Å²) in [5.41, 5.74) is 1.26. The van der Waals surface area contributed by atoms with Crippen molar-refractivity contribution in [2.45, 2.75) is 200 Å². The Morgan fingerprint density at radius 1 is 0.821 bits per heavy atom. The van der Waals surface area contributed by atoms with Crippen molar-refractivity contribution in [1.29, 1.82) is 0 Å². The number of carbonyl (C=O) groups is 5. The van der Waals surface area contributed by atoms with Crippen molar-refractivity contribution < 1.29 is 72.1 Å². The number of hydrogen-bond donors (Lipinski definition) is 2. The third-order valence-electron chi connectivity index (χ3n) is 17.1. The fourth-order valence-electron chi connectivity index (χ4n) is 12.1. The third-order valence-corrected chi connectivity index (χ3v) is 17.1. The Hall–Kier alpha value is -3.49. The van der Waals surface area contributed by atoms with Gasteiger partial charge < -0.3 is 53.0 Å². The zero-order valence-electron chi connectivity index (χ0n) is 49.1. The molecule has 0 aromatic heterocycles. The summed E-state index contributed by atoms with van der Waals surface area (Å²) >= 11 is 0. The number of fused-ring (bicyclic) bond motifs is 3. The van der Waals surface area contributed by atoms with Gasteiger partial charge in [0.2, 0.25) is 5.79 Å². The average molecular weight is 1100 g/mol. The molecule has 78 heavy (non-hydrogen) atoms. The molecule has 0 aromatic carbocycles. The normalized spacial score (nSPS) is 35.9. The van der Waals surface area contributed by atoms with Crippen molar-refractivity contribution in [3.63, 3.8) is 0 Å². The number of nitrogens with zero attached hydrogens (tertiary/aromatic N) is 2. The van der Waals surface area contributed by atoms with Crippen LogP contribution in [0.1, 0.15) is 139 Å².